The summed E-state index contributed by atoms with van der Waals surface area (Å²) in [4.78, 5) is 10.3. The summed E-state index contributed by atoms with van der Waals surface area (Å²) in [5, 5.41) is 8.31. The lowest BCUT2D eigenvalue weighted by atomic mass is 10.4. The van der Waals surface area contributed by atoms with Gasteiger partial charge in [0, 0.05) is 4.11 Å². The molecule has 0 radical (unpaired) electrons. The van der Waals surface area contributed by atoms with Crippen LogP contribution in [0.1, 0.15) is 12.3 Å². The van der Waals surface area contributed by atoms with Gasteiger partial charge >= 0.3 is 5.97 Å². The van der Waals surface area contributed by atoms with E-state index in [1.807, 2.05) is 0 Å². The first-order valence-electron chi connectivity index (χ1n) is 4.05. The third-order valence-electron chi connectivity index (χ3n) is 0.203. The van der Waals surface area contributed by atoms with Gasteiger partial charge in [-0.3, -0.25) is 4.79 Å². The Morgan fingerprint density at radius 3 is 3.33 bits per heavy atom. The molecule has 0 aromatic heterocycles. The predicted octanol–water partition coefficient (Wildman–Crippen LogP) is -0.582. The highest BCUT2D eigenvalue weighted by atomic mass is 16.4. The fourth-order valence-corrected chi connectivity index (χ4v) is 0. The van der Waals surface area contributed by atoms with Crippen molar-refractivity contribution < 1.29 is 18.2 Å². The van der Waals surface area contributed by atoms with Gasteiger partial charge in [0.05, 0.1) is 1.37 Å². The van der Waals surface area contributed by atoms with Crippen molar-refractivity contribution in [3.8, 4) is 0 Å². The molecule has 0 aromatic carbocycles. The fraction of sp³-hybridized carbons (Fsp3) is 0.667. The average Bonchev–Trinajstić information content (AvgIpc) is 1.82. The van der Waals surface area contributed by atoms with Crippen molar-refractivity contribution in [3.63, 3.8) is 0 Å². The number of carbonyl (C=O) groups is 1. The number of nitrogens with two attached hydrogens (primary N) is 1. The molecule has 0 amide bonds. The molecule has 0 fully saturated rings. The molecule has 0 spiro atoms. The van der Waals surface area contributed by atoms with E-state index in [0.717, 1.165) is 0 Å². The number of carboxylic acids is 1. The van der Waals surface area contributed by atoms with Crippen LogP contribution < -0.4 is 5.72 Å². The Morgan fingerprint density at radius 2 is 3.33 bits per heavy atom. The number of rotatable bonds is 2. The minimum Gasteiger partial charge on any atom is -0.480 e. The summed E-state index contributed by atoms with van der Waals surface area (Å²) in [5.41, 5.74) is -0.650. The van der Waals surface area contributed by atoms with Crippen LogP contribution in [-0.4, -0.2) is 17.1 Å². The first kappa shape index (κ1) is 0.980. The summed E-state index contributed by atoms with van der Waals surface area (Å²) in [6.07, 6.45) is 0. The number of hydrogen-bond acceptors (Lipinski definition) is 2. The van der Waals surface area contributed by atoms with E-state index in [1.165, 1.54) is 0 Å². The standard InChI is InChI=1S/C3H7NO2/c1-2(4)3(5)6/h2H,4H2,1H3,(H,5,6)/t2-/m0/s1/i1D3,2D/hD2. The summed E-state index contributed by atoms with van der Waals surface area (Å²) in [6.45, 7) is -3.23. The van der Waals surface area contributed by atoms with Crippen molar-refractivity contribution in [2.75, 3.05) is 0 Å². The molecule has 0 unspecified atom stereocenters. The van der Waals surface area contributed by atoms with Crippen LogP contribution in [0.5, 0.6) is 0 Å². The first-order valence-corrected chi connectivity index (χ1v) is 1.15. The minimum absolute atomic E-state index is 0.650. The topological polar surface area (TPSA) is 63.3 Å². The van der Waals surface area contributed by atoms with Crippen LogP contribution in [-0.2, 0) is 4.79 Å². The second-order valence-electron chi connectivity index (χ2n) is 0.654. The number of carboxylic acid groups (broad SMARTS) is 1. The maximum atomic E-state index is 10.3. The average molecular weight is 95.1 g/mol. The third-order valence-corrected chi connectivity index (χ3v) is 0.203. The zero-order valence-electron chi connectivity index (χ0n) is 8.80. The molecule has 6 heavy (non-hydrogen) atoms. The quantitative estimate of drug-likeness (QED) is 0.482. The van der Waals surface area contributed by atoms with E-state index in [0.29, 0.717) is 0 Å². The molecule has 0 rings (SSSR count). The van der Waals surface area contributed by atoms with Crippen LogP contribution in [0, 0.1) is 0 Å². The molecule has 3 N–H and O–H groups in total. The Bertz CT molecular complexity index is 190. The van der Waals surface area contributed by atoms with Crippen LogP contribution >= 0.6 is 0 Å². The van der Waals surface area contributed by atoms with Gasteiger partial charge in [0.2, 0.25) is 0 Å². The van der Waals surface area contributed by atoms with Gasteiger partial charge in [0.15, 0.2) is 0 Å². The van der Waals surface area contributed by atoms with Gasteiger partial charge in [-0.15, -0.1) is 0 Å². The van der Waals surface area contributed by atoms with Crippen molar-refractivity contribution in [1.29, 1.82) is 0 Å². The summed E-state index contributed by atoms with van der Waals surface area (Å²) >= 11 is 0. The summed E-state index contributed by atoms with van der Waals surface area (Å²) < 4.78 is 39.7. The lowest BCUT2D eigenvalue weighted by Gasteiger charge is -1.90. The van der Waals surface area contributed by atoms with Gasteiger partial charge in [-0.05, 0) is 6.85 Å². The van der Waals surface area contributed by atoms with E-state index in [4.69, 9.17) is 13.4 Å². The highest BCUT2D eigenvalue weighted by Gasteiger charge is 1.99. The molecule has 0 saturated heterocycles. The maximum absolute atomic E-state index is 10.3. The van der Waals surface area contributed by atoms with E-state index in [2.05, 4.69) is 0 Å². The second kappa shape index (κ2) is 1.77. The molecule has 3 heteroatoms. The van der Waals surface area contributed by atoms with Gasteiger partial charge in [0.1, 0.15) is 8.84 Å². The summed E-state index contributed by atoms with van der Waals surface area (Å²) in [6, 6.07) is -3.23. The van der Waals surface area contributed by atoms with E-state index in [1.54, 1.807) is 0 Å². The molecule has 0 saturated carbocycles. The lowest BCUT2D eigenvalue weighted by Crippen LogP contribution is -2.25. The SMILES string of the molecule is [2H]N([2H])[C@]([2H])(C(=O)O)C([2H])([2H])[2H]. The smallest absolute Gasteiger partial charge is 0.320 e. The van der Waals surface area contributed by atoms with Crippen LogP contribution in [0.25, 0.3) is 0 Å². The molecular weight excluding hydrogens is 82.0 g/mol. The Morgan fingerprint density at radius 1 is 2.67 bits per heavy atom. The summed E-state index contributed by atoms with van der Waals surface area (Å²) in [7, 11) is 0. The van der Waals surface area contributed by atoms with Crippen molar-refractivity contribution >= 4 is 5.97 Å². The van der Waals surface area contributed by atoms with Crippen LogP contribution in [0.2, 0.25) is 2.82 Å². The van der Waals surface area contributed by atoms with E-state index in [-0.39, 0.29) is 0 Å². The Hall–Kier alpha value is -0.570. The molecule has 0 bridgehead atoms. The normalized spacial score (nSPS) is 36.2. The molecule has 3 nitrogen and oxygen atoms in total. The van der Waals surface area contributed by atoms with Gasteiger partial charge in [-0.1, -0.05) is 0 Å². The van der Waals surface area contributed by atoms with Crippen molar-refractivity contribution in [2.45, 2.75) is 12.9 Å². The van der Waals surface area contributed by atoms with E-state index >= 15 is 0 Å². The Labute approximate surface area is 44.3 Å². The molecule has 0 aromatic rings. The van der Waals surface area contributed by atoms with Crippen LogP contribution in [0.3, 0.4) is 0 Å². The number of hydrogen-bond donors (Lipinski definition) is 2. The molecule has 0 aliphatic carbocycles. The number of aliphatic carboxylic acids is 1. The van der Waals surface area contributed by atoms with Gasteiger partial charge < -0.3 is 10.8 Å². The van der Waals surface area contributed by atoms with Crippen LogP contribution in [0.15, 0.2) is 0 Å². The zero-order valence-corrected chi connectivity index (χ0v) is 2.80. The predicted molar refractivity (Wildman–Crippen MR) is 21.3 cm³/mol. The van der Waals surface area contributed by atoms with Crippen molar-refractivity contribution in [1.82, 2.24) is 0 Å². The minimum atomic E-state index is -3.23. The van der Waals surface area contributed by atoms with Crippen molar-refractivity contribution in [2.24, 2.45) is 5.72 Å². The van der Waals surface area contributed by atoms with E-state index < -0.39 is 24.6 Å². The summed E-state index contributed by atoms with van der Waals surface area (Å²) in [5.74, 6) is -2.05. The van der Waals surface area contributed by atoms with Gasteiger partial charge in [-0.25, -0.2) is 0 Å². The maximum Gasteiger partial charge on any atom is 0.320 e. The second-order valence-corrected chi connectivity index (χ2v) is 0.654. The highest BCUT2D eigenvalue weighted by Crippen LogP contribution is 1.68. The molecule has 0 aliphatic rings. The molecular formula is C3H7NO2. The Balaban J connectivity index is 5.02. The highest BCUT2D eigenvalue weighted by molar-refractivity contribution is 5.72. The molecule has 36 valence electrons. The molecule has 1 atom stereocenters. The lowest BCUT2D eigenvalue weighted by molar-refractivity contribution is -0.138. The monoisotopic (exact) mass is 95.1 g/mol. The van der Waals surface area contributed by atoms with Crippen molar-refractivity contribution in [3.05, 3.63) is 0 Å². The largest absolute Gasteiger partial charge is 0.480 e. The zero-order chi connectivity index (χ0) is 10.2. The fourth-order valence-electron chi connectivity index (χ4n) is 0. The third kappa shape index (κ3) is 1.72. The van der Waals surface area contributed by atoms with Gasteiger partial charge in [0.25, 0.3) is 0 Å². The van der Waals surface area contributed by atoms with E-state index in [9.17, 15) is 4.79 Å². The molecule has 0 heterocycles. The Kier molecular flexibility index (Phi) is 0.289. The van der Waals surface area contributed by atoms with Crippen LogP contribution in [0.4, 0.5) is 0 Å². The van der Waals surface area contributed by atoms with Gasteiger partial charge in [-0.2, -0.15) is 0 Å². The first-order chi connectivity index (χ1) is 5.14. The molecule has 0 aliphatic heterocycles.